The van der Waals surface area contributed by atoms with Gasteiger partial charge in [-0.05, 0) is 40.9 Å². The van der Waals surface area contributed by atoms with E-state index in [0.29, 0.717) is 12.5 Å². The number of aliphatic imine (C=N–C) groups is 1. The third-order valence-corrected chi connectivity index (χ3v) is 3.28. The predicted octanol–water partition coefficient (Wildman–Crippen LogP) is 3.66. The summed E-state index contributed by atoms with van der Waals surface area (Å²) in [5.41, 5.74) is 0. The SMILES string of the molecule is CN=C(NCC(C)C)NCC(C)Oc1ccccc1Br.I. The molecule has 0 aliphatic heterocycles. The quantitative estimate of drug-likeness (QED) is 0.379. The average molecular weight is 470 g/mol. The van der Waals surface area contributed by atoms with Crippen LogP contribution >= 0.6 is 39.9 Å². The lowest BCUT2D eigenvalue weighted by Gasteiger charge is -2.19. The van der Waals surface area contributed by atoms with Crippen molar-refractivity contribution in [2.75, 3.05) is 20.1 Å². The number of halogens is 2. The van der Waals surface area contributed by atoms with Crippen molar-refractivity contribution >= 4 is 45.9 Å². The van der Waals surface area contributed by atoms with Crippen molar-refractivity contribution < 1.29 is 4.74 Å². The van der Waals surface area contributed by atoms with Gasteiger partial charge in [0.05, 0.1) is 11.0 Å². The molecule has 6 heteroatoms. The molecule has 0 aliphatic carbocycles. The molecule has 0 aliphatic rings. The lowest BCUT2D eigenvalue weighted by Crippen LogP contribution is -2.42. The van der Waals surface area contributed by atoms with Gasteiger partial charge in [0.15, 0.2) is 5.96 Å². The van der Waals surface area contributed by atoms with Gasteiger partial charge in [0.2, 0.25) is 0 Å². The van der Waals surface area contributed by atoms with Crippen molar-refractivity contribution in [3.05, 3.63) is 28.7 Å². The molecule has 0 heterocycles. The Morgan fingerprint density at radius 3 is 2.38 bits per heavy atom. The van der Waals surface area contributed by atoms with Crippen LogP contribution in [0.2, 0.25) is 0 Å². The Balaban J connectivity index is 0.00000400. The fourth-order valence-corrected chi connectivity index (χ4v) is 1.94. The standard InChI is InChI=1S/C15H24BrN3O.HI/c1-11(2)9-18-15(17-4)19-10-12(3)20-14-8-6-5-7-13(14)16;/h5-8,11-12H,9-10H2,1-4H3,(H2,17,18,19);1H. The van der Waals surface area contributed by atoms with Crippen molar-refractivity contribution in [3.63, 3.8) is 0 Å². The molecule has 2 N–H and O–H groups in total. The second-order valence-electron chi connectivity index (χ2n) is 5.09. The van der Waals surface area contributed by atoms with Crippen molar-refractivity contribution in [2.45, 2.75) is 26.9 Å². The summed E-state index contributed by atoms with van der Waals surface area (Å²) in [6.45, 7) is 7.96. The zero-order valence-electron chi connectivity index (χ0n) is 13.0. The average Bonchev–Trinajstić information content (AvgIpc) is 2.41. The largest absolute Gasteiger partial charge is 0.488 e. The number of ether oxygens (including phenoxy) is 1. The Morgan fingerprint density at radius 2 is 1.81 bits per heavy atom. The lowest BCUT2D eigenvalue weighted by molar-refractivity contribution is 0.222. The minimum atomic E-state index is 0. The molecular weight excluding hydrogens is 445 g/mol. The van der Waals surface area contributed by atoms with E-state index in [1.807, 2.05) is 31.2 Å². The normalized spacial score (nSPS) is 12.6. The zero-order chi connectivity index (χ0) is 15.0. The Hall–Kier alpha value is -0.500. The van der Waals surface area contributed by atoms with Gasteiger partial charge in [0, 0.05) is 13.6 Å². The molecule has 21 heavy (non-hydrogen) atoms. The van der Waals surface area contributed by atoms with Gasteiger partial charge in [0.25, 0.3) is 0 Å². The van der Waals surface area contributed by atoms with Crippen LogP contribution in [0.4, 0.5) is 0 Å². The van der Waals surface area contributed by atoms with Crippen LogP contribution in [0.25, 0.3) is 0 Å². The number of hydrogen-bond donors (Lipinski definition) is 2. The summed E-state index contributed by atoms with van der Waals surface area (Å²) in [6.07, 6.45) is 0.0475. The molecule has 0 bridgehead atoms. The van der Waals surface area contributed by atoms with E-state index in [0.717, 1.165) is 22.7 Å². The molecule has 0 amide bonds. The molecular formula is C15H25BrIN3O. The van der Waals surface area contributed by atoms with Crippen LogP contribution in [0.5, 0.6) is 5.75 Å². The van der Waals surface area contributed by atoms with Crippen LogP contribution in [0.15, 0.2) is 33.7 Å². The first-order chi connectivity index (χ1) is 9.52. The van der Waals surface area contributed by atoms with Crippen LogP contribution in [0.1, 0.15) is 20.8 Å². The predicted molar refractivity (Wildman–Crippen MR) is 104 cm³/mol. The number of benzene rings is 1. The fraction of sp³-hybridized carbons (Fsp3) is 0.533. The number of para-hydroxylation sites is 1. The first kappa shape index (κ1) is 20.5. The maximum atomic E-state index is 5.87. The van der Waals surface area contributed by atoms with E-state index in [1.54, 1.807) is 7.05 Å². The molecule has 0 fully saturated rings. The Labute approximate surface area is 153 Å². The number of nitrogens with zero attached hydrogens (tertiary/aromatic N) is 1. The minimum Gasteiger partial charge on any atom is -0.488 e. The highest BCUT2D eigenvalue weighted by Gasteiger charge is 2.07. The topological polar surface area (TPSA) is 45.7 Å². The lowest BCUT2D eigenvalue weighted by atomic mass is 10.2. The molecule has 0 saturated carbocycles. The first-order valence-corrected chi connectivity index (χ1v) is 7.68. The summed E-state index contributed by atoms with van der Waals surface area (Å²) in [5.74, 6) is 2.25. The molecule has 1 unspecified atom stereocenters. The molecule has 1 rings (SSSR count). The summed E-state index contributed by atoms with van der Waals surface area (Å²) in [7, 11) is 1.77. The number of guanidine groups is 1. The zero-order valence-corrected chi connectivity index (χ0v) is 16.9. The third kappa shape index (κ3) is 8.50. The minimum absolute atomic E-state index is 0. The Kier molecular flexibility index (Phi) is 10.9. The van der Waals surface area contributed by atoms with Crippen LogP contribution in [-0.2, 0) is 0 Å². The molecule has 0 spiro atoms. The molecule has 120 valence electrons. The van der Waals surface area contributed by atoms with E-state index in [2.05, 4.69) is 45.4 Å². The van der Waals surface area contributed by atoms with E-state index in [-0.39, 0.29) is 30.1 Å². The molecule has 1 aromatic carbocycles. The fourth-order valence-electron chi connectivity index (χ4n) is 1.56. The van der Waals surface area contributed by atoms with Crippen molar-refractivity contribution in [2.24, 2.45) is 10.9 Å². The maximum Gasteiger partial charge on any atom is 0.191 e. The van der Waals surface area contributed by atoms with Crippen LogP contribution in [0.3, 0.4) is 0 Å². The second kappa shape index (κ2) is 11.1. The van der Waals surface area contributed by atoms with E-state index in [9.17, 15) is 0 Å². The molecule has 0 aromatic heterocycles. The van der Waals surface area contributed by atoms with E-state index < -0.39 is 0 Å². The van der Waals surface area contributed by atoms with Crippen molar-refractivity contribution in [1.29, 1.82) is 0 Å². The Bertz CT molecular complexity index is 441. The Morgan fingerprint density at radius 1 is 1.19 bits per heavy atom. The van der Waals surface area contributed by atoms with Crippen molar-refractivity contribution in [1.82, 2.24) is 10.6 Å². The highest BCUT2D eigenvalue weighted by Crippen LogP contribution is 2.24. The highest BCUT2D eigenvalue weighted by atomic mass is 127. The summed E-state index contributed by atoms with van der Waals surface area (Å²) in [5, 5.41) is 6.54. The highest BCUT2D eigenvalue weighted by molar-refractivity contribution is 14.0. The van der Waals surface area contributed by atoms with Crippen LogP contribution < -0.4 is 15.4 Å². The molecule has 0 radical (unpaired) electrons. The van der Waals surface area contributed by atoms with Gasteiger partial charge in [-0.25, -0.2) is 0 Å². The van der Waals surface area contributed by atoms with E-state index in [4.69, 9.17) is 4.74 Å². The molecule has 0 saturated heterocycles. The molecule has 1 aromatic rings. The van der Waals surface area contributed by atoms with E-state index in [1.165, 1.54) is 0 Å². The molecule has 1 atom stereocenters. The van der Waals surface area contributed by atoms with Crippen LogP contribution in [-0.4, -0.2) is 32.2 Å². The molecule has 4 nitrogen and oxygen atoms in total. The van der Waals surface area contributed by atoms with Gasteiger partial charge in [0.1, 0.15) is 11.9 Å². The maximum absolute atomic E-state index is 5.87. The van der Waals surface area contributed by atoms with Gasteiger partial charge in [-0.1, -0.05) is 26.0 Å². The van der Waals surface area contributed by atoms with Gasteiger partial charge < -0.3 is 15.4 Å². The number of hydrogen-bond acceptors (Lipinski definition) is 2. The third-order valence-electron chi connectivity index (χ3n) is 2.62. The summed E-state index contributed by atoms with van der Waals surface area (Å²) in [6, 6.07) is 7.85. The second-order valence-corrected chi connectivity index (χ2v) is 5.94. The summed E-state index contributed by atoms with van der Waals surface area (Å²) < 4.78 is 6.84. The van der Waals surface area contributed by atoms with Gasteiger partial charge >= 0.3 is 0 Å². The van der Waals surface area contributed by atoms with Crippen molar-refractivity contribution in [3.8, 4) is 5.75 Å². The monoisotopic (exact) mass is 469 g/mol. The van der Waals surface area contributed by atoms with Gasteiger partial charge in [-0.15, -0.1) is 24.0 Å². The summed E-state index contributed by atoms with van der Waals surface area (Å²) >= 11 is 3.48. The smallest absolute Gasteiger partial charge is 0.191 e. The van der Waals surface area contributed by atoms with Gasteiger partial charge in [-0.2, -0.15) is 0 Å². The number of nitrogens with one attached hydrogen (secondary N) is 2. The first-order valence-electron chi connectivity index (χ1n) is 6.88. The van der Waals surface area contributed by atoms with E-state index >= 15 is 0 Å². The number of rotatable bonds is 6. The summed E-state index contributed by atoms with van der Waals surface area (Å²) in [4.78, 5) is 4.19. The van der Waals surface area contributed by atoms with Crippen LogP contribution in [0, 0.1) is 5.92 Å². The van der Waals surface area contributed by atoms with Gasteiger partial charge in [-0.3, -0.25) is 4.99 Å².